The van der Waals surface area contributed by atoms with E-state index in [1.54, 1.807) is 6.92 Å². The summed E-state index contributed by atoms with van der Waals surface area (Å²) in [5, 5.41) is 12.6. The van der Waals surface area contributed by atoms with Crippen LogP contribution in [0, 0.1) is 0 Å². The van der Waals surface area contributed by atoms with Gasteiger partial charge in [-0.3, -0.25) is 4.79 Å². The highest BCUT2D eigenvalue weighted by Gasteiger charge is 2.15. The number of piperazine rings is 1. The first kappa shape index (κ1) is 18.5. The third-order valence-electron chi connectivity index (χ3n) is 5.15. The van der Waals surface area contributed by atoms with E-state index in [-0.39, 0.29) is 5.91 Å². The van der Waals surface area contributed by atoms with Crippen LogP contribution in [0.15, 0.2) is 42.5 Å². The van der Waals surface area contributed by atoms with Crippen molar-refractivity contribution in [2.75, 3.05) is 43.4 Å². The molecule has 1 aliphatic rings. The number of nitrogens with zero attached hydrogens (tertiary/aromatic N) is 3. The van der Waals surface area contributed by atoms with Crippen LogP contribution in [0.25, 0.3) is 11.0 Å². The van der Waals surface area contributed by atoms with Gasteiger partial charge >= 0.3 is 0 Å². The van der Waals surface area contributed by atoms with Crippen molar-refractivity contribution in [2.24, 2.45) is 0 Å². The maximum absolute atomic E-state index is 12.6. The molecule has 1 saturated heterocycles. The maximum Gasteiger partial charge on any atom is 0.255 e. The van der Waals surface area contributed by atoms with E-state index in [9.17, 15) is 9.90 Å². The van der Waals surface area contributed by atoms with Gasteiger partial charge in [0.1, 0.15) is 11.9 Å². The van der Waals surface area contributed by atoms with Gasteiger partial charge in [-0.1, -0.05) is 0 Å². The summed E-state index contributed by atoms with van der Waals surface area (Å²) in [5.74, 6) is 0.359. The van der Waals surface area contributed by atoms with E-state index in [1.807, 2.05) is 42.5 Å². The summed E-state index contributed by atoms with van der Waals surface area (Å²) in [5.41, 5.74) is 3.98. The molecule has 0 bridgehead atoms. The van der Waals surface area contributed by atoms with Crippen LogP contribution in [-0.2, 0) is 0 Å². The van der Waals surface area contributed by atoms with Gasteiger partial charge in [0.2, 0.25) is 0 Å². The van der Waals surface area contributed by atoms with E-state index < -0.39 is 6.10 Å². The molecule has 1 unspecified atom stereocenters. The molecule has 1 aromatic heterocycles. The average molecular weight is 379 g/mol. The fourth-order valence-corrected chi connectivity index (χ4v) is 3.40. The van der Waals surface area contributed by atoms with Gasteiger partial charge < -0.3 is 25.2 Å². The number of hydrogen-bond acceptors (Lipinski definition) is 5. The topological polar surface area (TPSA) is 84.5 Å². The molecule has 7 nitrogen and oxygen atoms in total. The number of hydrogen-bond donors (Lipinski definition) is 3. The van der Waals surface area contributed by atoms with Crippen molar-refractivity contribution in [3.8, 4) is 0 Å². The summed E-state index contributed by atoms with van der Waals surface area (Å²) >= 11 is 0. The summed E-state index contributed by atoms with van der Waals surface area (Å²) in [4.78, 5) is 24.7. The zero-order valence-corrected chi connectivity index (χ0v) is 16.1. The highest BCUT2D eigenvalue weighted by Crippen LogP contribution is 2.21. The van der Waals surface area contributed by atoms with Crippen LogP contribution < -0.4 is 10.2 Å². The Morgan fingerprint density at radius 2 is 1.86 bits per heavy atom. The molecular weight excluding hydrogens is 354 g/mol. The number of likely N-dealkylation sites (N-methyl/N-ethyl adjacent to an activating group) is 1. The number of aliphatic hydroxyl groups is 1. The largest absolute Gasteiger partial charge is 0.385 e. The van der Waals surface area contributed by atoms with Crippen LogP contribution in [0.1, 0.15) is 29.2 Å². The Morgan fingerprint density at radius 1 is 1.14 bits per heavy atom. The SMILES string of the molecule is CC(O)c1nc2ccc(NC(=O)c3ccc(N4CCN(C)CC4)cc3)cc2[nH]1. The Hall–Kier alpha value is -2.90. The fraction of sp³-hybridized carbons (Fsp3) is 0.333. The number of nitrogens with one attached hydrogen (secondary N) is 2. The predicted molar refractivity (Wildman–Crippen MR) is 111 cm³/mol. The molecule has 0 spiro atoms. The molecule has 1 atom stereocenters. The van der Waals surface area contributed by atoms with E-state index in [0.717, 1.165) is 42.9 Å². The van der Waals surface area contributed by atoms with Gasteiger partial charge in [-0.05, 0) is 56.4 Å². The van der Waals surface area contributed by atoms with Gasteiger partial charge in [-0.15, -0.1) is 0 Å². The smallest absolute Gasteiger partial charge is 0.255 e. The predicted octanol–water partition coefficient (Wildman–Crippen LogP) is 2.62. The summed E-state index contributed by atoms with van der Waals surface area (Å²) < 4.78 is 0. The van der Waals surface area contributed by atoms with Gasteiger partial charge in [0.15, 0.2) is 0 Å². The number of benzene rings is 2. The standard InChI is InChI=1S/C21H25N5O2/c1-14(27)20-23-18-8-5-16(13-19(18)24-20)22-21(28)15-3-6-17(7-4-15)26-11-9-25(2)10-12-26/h3-8,13-14,27H,9-12H2,1-2H3,(H,22,28)(H,23,24). The summed E-state index contributed by atoms with van der Waals surface area (Å²) in [6.07, 6.45) is -0.663. The van der Waals surface area contributed by atoms with E-state index in [0.29, 0.717) is 17.1 Å². The zero-order valence-electron chi connectivity index (χ0n) is 16.1. The monoisotopic (exact) mass is 379 g/mol. The van der Waals surface area contributed by atoms with Crippen molar-refractivity contribution in [3.63, 3.8) is 0 Å². The molecule has 1 aliphatic heterocycles. The number of amides is 1. The lowest BCUT2D eigenvalue weighted by atomic mass is 10.1. The Balaban J connectivity index is 1.45. The molecule has 2 aromatic carbocycles. The zero-order chi connectivity index (χ0) is 19.7. The highest BCUT2D eigenvalue weighted by atomic mass is 16.3. The van der Waals surface area contributed by atoms with Gasteiger partial charge in [-0.25, -0.2) is 4.98 Å². The number of anilines is 2. The first-order valence-electron chi connectivity index (χ1n) is 9.52. The second-order valence-corrected chi connectivity index (χ2v) is 7.32. The van der Waals surface area contributed by atoms with Gasteiger partial charge in [0.05, 0.1) is 11.0 Å². The van der Waals surface area contributed by atoms with Crippen LogP contribution in [-0.4, -0.2) is 59.1 Å². The molecule has 0 aliphatic carbocycles. The van der Waals surface area contributed by atoms with Gasteiger partial charge in [0.25, 0.3) is 5.91 Å². The van der Waals surface area contributed by atoms with Crippen LogP contribution in [0.3, 0.4) is 0 Å². The molecule has 146 valence electrons. The molecule has 28 heavy (non-hydrogen) atoms. The minimum Gasteiger partial charge on any atom is -0.385 e. The summed E-state index contributed by atoms with van der Waals surface area (Å²) in [7, 11) is 2.14. The number of fused-ring (bicyclic) bond motifs is 1. The number of aromatic nitrogens is 2. The lowest BCUT2D eigenvalue weighted by Gasteiger charge is -2.34. The van der Waals surface area contributed by atoms with Crippen molar-refractivity contribution in [1.29, 1.82) is 0 Å². The van der Waals surface area contributed by atoms with Crippen LogP contribution in [0.4, 0.5) is 11.4 Å². The molecule has 2 heterocycles. The molecule has 1 amide bonds. The number of carbonyl (C=O) groups excluding carboxylic acids is 1. The van der Waals surface area contributed by atoms with E-state index >= 15 is 0 Å². The number of rotatable bonds is 4. The van der Waals surface area contributed by atoms with Crippen molar-refractivity contribution in [1.82, 2.24) is 14.9 Å². The van der Waals surface area contributed by atoms with Crippen LogP contribution in [0.2, 0.25) is 0 Å². The molecule has 3 N–H and O–H groups in total. The van der Waals surface area contributed by atoms with Crippen molar-refractivity contribution >= 4 is 28.3 Å². The second-order valence-electron chi connectivity index (χ2n) is 7.32. The van der Waals surface area contributed by atoms with Crippen LogP contribution >= 0.6 is 0 Å². The molecule has 0 saturated carbocycles. The second kappa shape index (κ2) is 7.61. The molecule has 0 radical (unpaired) electrons. The summed E-state index contributed by atoms with van der Waals surface area (Å²) in [6.45, 7) is 5.76. The lowest BCUT2D eigenvalue weighted by molar-refractivity contribution is 0.102. The number of aromatic amines is 1. The molecule has 3 aromatic rings. The minimum atomic E-state index is -0.663. The van der Waals surface area contributed by atoms with Crippen molar-refractivity contribution < 1.29 is 9.90 Å². The third kappa shape index (κ3) is 3.85. The Kier molecular flexibility index (Phi) is 5.02. The molecule has 4 rings (SSSR count). The molecule has 7 heteroatoms. The lowest BCUT2D eigenvalue weighted by Crippen LogP contribution is -2.44. The first-order valence-corrected chi connectivity index (χ1v) is 9.52. The maximum atomic E-state index is 12.6. The quantitative estimate of drug-likeness (QED) is 0.649. The third-order valence-corrected chi connectivity index (χ3v) is 5.15. The van der Waals surface area contributed by atoms with Gasteiger partial charge in [0, 0.05) is 43.1 Å². The Bertz CT molecular complexity index is 972. The van der Waals surface area contributed by atoms with E-state index in [2.05, 4.69) is 32.1 Å². The Morgan fingerprint density at radius 3 is 2.54 bits per heavy atom. The number of aliphatic hydroxyl groups excluding tert-OH is 1. The number of carbonyl (C=O) groups is 1. The number of H-pyrrole nitrogens is 1. The van der Waals surface area contributed by atoms with Crippen LogP contribution in [0.5, 0.6) is 0 Å². The van der Waals surface area contributed by atoms with E-state index in [1.165, 1.54) is 0 Å². The van der Waals surface area contributed by atoms with Crippen molar-refractivity contribution in [3.05, 3.63) is 53.9 Å². The normalized spacial score (nSPS) is 16.3. The first-order chi connectivity index (χ1) is 13.5. The fourth-order valence-electron chi connectivity index (χ4n) is 3.40. The van der Waals surface area contributed by atoms with Crippen molar-refractivity contribution in [2.45, 2.75) is 13.0 Å². The molecule has 1 fully saturated rings. The van der Waals surface area contributed by atoms with Gasteiger partial charge in [-0.2, -0.15) is 0 Å². The molecular formula is C21H25N5O2. The minimum absolute atomic E-state index is 0.153. The Labute approximate surface area is 164 Å². The summed E-state index contributed by atoms with van der Waals surface area (Å²) in [6, 6.07) is 13.2. The average Bonchev–Trinajstić information content (AvgIpc) is 3.12. The number of imidazole rings is 1. The highest BCUT2D eigenvalue weighted by molar-refractivity contribution is 6.05. The van der Waals surface area contributed by atoms with E-state index in [4.69, 9.17) is 0 Å².